The number of pyridine rings is 4. The van der Waals surface area contributed by atoms with Crippen molar-refractivity contribution in [3.8, 4) is 0 Å². The van der Waals surface area contributed by atoms with E-state index < -0.39 is 0 Å². The number of hydrogen-bond donors (Lipinski definition) is 0. The Balaban J connectivity index is 0.000000336. The molecule has 0 saturated heterocycles. The van der Waals surface area contributed by atoms with Gasteiger partial charge in [-0.05, 0) is 170 Å². The number of benzene rings is 4. The summed E-state index contributed by atoms with van der Waals surface area (Å²) in [6.07, 6.45) is 13.6. The predicted octanol–water partition coefficient (Wildman–Crippen LogP) is 23.3. The predicted molar refractivity (Wildman–Crippen MR) is 381 cm³/mol. The van der Waals surface area contributed by atoms with Crippen LogP contribution in [0.25, 0.3) is 0 Å². The summed E-state index contributed by atoms with van der Waals surface area (Å²) in [4.78, 5) is 16.4. The zero-order chi connectivity index (χ0) is 65.4. The summed E-state index contributed by atoms with van der Waals surface area (Å²) < 4.78 is 1.14. The van der Waals surface area contributed by atoms with Crippen molar-refractivity contribution in [1.82, 2.24) is 19.9 Å². The van der Waals surface area contributed by atoms with E-state index >= 15 is 0 Å². The van der Waals surface area contributed by atoms with Crippen molar-refractivity contribution >= 4 is 15.9 Å². The van der Waals surface area contributed by atoms with E-state index in [1.165, 1.54) is 51.8 Å². The topological polar surface area (TPSA) is 51.6 Å². The quantitative estimate of drug-likeness (QED) is 0.152. The Labute approximate surface area is 535 Å². The molecule has 0 amide bonds. The van der Waals surface area contributed by atoms with Crippen molar-refractivity contribution in [2.45, 2.75) is 231 Å². The molecule has 0 radical (unpaired) electrons. The fourth-order valence-corrected chi connectivity index (χ4v) is 8.91. The average Bonchev–Trinajstić information content (AvgIpc) is 2.74. The summed E-state index contributed by atoms with van der Waals surface area (Å²) in [7, 11) is 0. The van der Waals surface area contributed by atoms with Gasteiger partial charge in [0, 0.05) is 58.5 Å². The minimum absolute atomic E-state index is 0.182. The molecule has 86 heavy (non-hydrogen) atoms. The maximum atomic E-state index is 4.25. The van der Waals surface area contributed by atoms with Gasteiger partial charge in [-0.3, -0.25) is 19.9 Å². The first-order valence-corrected chi connectivity index (χ1v) is 31.9. The third kappa shape index (κ3) is 30.5. The first-order valence-electron chi connectivity index (χ1n) is 31.1. The van der Waals surface area contributed by atoms with E-state index in [1.807, 2.05) is 56.1 Å². The summed E-state index contributed by atoms with van der Waals surface area (Å²) in [5, 5.41) is 0. The number of nitrogens with zero attached hydrogens (tertiary/aromatic N) is 4. The number of fused-ring (bicyclic) bond motifs is 1. The molecular weight excluding hydrogens is 1110 g/mol. The molecule has 0 atom stereocenters. The molecule has 0 unspecified atom stereocenters. The van der Waals surface area contributed by atoms with Gasteiger partial charge in [0.1, 0.15) is 0 Å². The molecule has 4 nitrogen and oxygen atoms in total. The molecule has 466 valence electrons. The first kappa shape index (κ1) is 76.1. The van der Waals surface area contributed by atoms with E-state index in [0.717, 1.165) is 21.8 Å². The van der Waals surface area contributed by atoms with Gasteiger partial charge in [0.05, 0.1) is 0 Å². The molecule has 4 aromatic carbocycles. The van der Waals surface area contributed by atoms with Crippen molar-refractivity contribution in [2.75, 3.05) is 0 Å². The number of rotatable bonds is 0. The maximum Gasteiger partial charge on any atom is 0.0457 e. The second-order valence-electron chi connectivity index (χ2n) is 31.1. The highest BCUT2D eigenvalue weighted by Crippen LogP contribution is 2.38. The maximum absolute atomic E-state index is 4.25. The molecular formula is C81H115BrN4. The van der Waals surface area contributed by atoms with Crippen LogP contribution in [-0.2, 0) is 50.7 Å². The van der Waals surface area contributed by atoms with Gasteiger partial charge in [-0.1, -0.05) is 291 Å². The largest absolute Gasteiger partial charge is 0.265 e. The van der Waals surface area contributed by atoms with Crippen molar-refractivity contribution in [2.24, 2.45) is 11.3 Å². The van der Waals surface area contributed by atoms with Crippen LogP contribution in [0.1, 0.15) is 228 Å². The van der Waals surface area contributed by atoms with Gasteiger partial charge in [0.2, 0.25) is 0 Å². The molecule has 1 aliphatic carbocycles. The third-order valence-electron chi connectivity index (χ3n) is 14.8. The first-order chi connectivity index (χ1) is 39.5. The zero-order valence-electron chi connectivity index (χ0n) is 58.6. The lowest BCUT2D eigenvalue weighted by Gasteiger charge is -2.26. The van der Waals surface area contributed by atoms with E-state index in [2.05, 4.69) is 348 Å². The Morgan fingerprint density at radius 3 is 1.08 bits per heavy atom. The van der Waals surface area contributed by atoms with Crippen molar-refractivity contribution in [3.63, 3.8) is 0 Å². The highest BCUT2D eigenvalue weighted by molar-refractivity contribution is 9.10. The van der Waals surface area contributed by atoms with E-state index in [-0.39, 0.29) is 32.5 Å². The lowest BCUT2D eigenvalue weighted by molar-refractivity contribution is 0.251. The Morgan fingerprint density at radius 1 is 0.326 bits per heavy atom. The molecule has 0 bridgehead atoms. The van der Waals surface area contributed by atoms with Crippen LogP contribution >= 0.6 is 15.9 Å². The smallest absolute Gasteiger partial charge is 0.0457 e. The molecule has 0 aliphatic heterocycles. The summed E-state index contributed by atoms with van der Waals surface area (Å²) >= 11 is 3.41. The van der Waals surface area contributed by atoms with Crippen molar-refractivity contribution in [3.05, 3.63) is 261 Å². The Bertz CT molecular complexity index is 2810. The minimum Gasteiger partial charge on any atom is -0.265 e. The van der Waals surface area contributed by atoms with E-state index in [9.17, 15) is 0 Å². The summed E-state index contributed by atoms with van der Waals surface area (Å²) in [6.45, 7) is 57.5. The van der Waals surface area contributed by atoms with Crippen LogP contribution < -0.4 is 0 Å². The fourth-order valence-electron chi connectivity index (χ4n) is 8.65. The Kier molecular flexibility index (Phi) is 30.0. The van der Waals surface area contributed by atoms with Gasteiger partial charge in [0.25, 0.3) is 0 Å². The Hall–Kier alpha value is -6.04. The Morgan fingerprint density at radius 2 is 0.744 bits per heavy atom. The summed E-state index contributed by atoms with van der Waals surface area (Å²) in [5.41, 5.74) is 17.1. The van der Waals surface area contributed by atoms with Crippen LogP contribution in [0.15, 0.2) is 199 Å². The third-order valence-corrected chi connectivity index (χ3v) is 15.3. The van der Waals surface area contributed by atoms with Crippen LogP contribution in [0.4, 0.5) is 0 Å². The fraction of sp³-hybridized carbons (Fsp3) is 0.457. The normalized spacial score (nSPS) is 12.5. The van der Waals surface area contributed by atoms with Crippen LogP contribution in [0.3, 0.4) is 0 Å². The lowest BCUT2D eigenvalue weighted by Crippen LogP contribution is -2.20. The molecule has 0 N–H and O–H groups in total. The van der Waals surface area contributed by atoms with Crippen molar-refractivity contribution < 1.29 is 0 Å². The van der Waals surface area contributed by atoms with Gasteiger partial charge in [-0.25, -0.2) is 0 Å². The van der Waals surface area contributed by atoms with Gasteiger partial charge >= 0.3 is 0 Å². The molecule has 4 aromatic heterocycles. The number of hydrogen-bond acceptors (Lipinski definition) is 4. The van der Waals surface area contributed by atoms with E-state index in [0.29, 0.717) is 10.8 Å². The highest BCUT2D eigenvalue weighted by Gasteiger charge is 2.30. The zero-order valence-corrected chi connectivity index (χ0v) is 60.2. The number of aryl methyl sites for hydroxylation is 2. The van der Waals surface area contributed by atoms with Crippen LogP contribution in [0, 0.1) is 25.2 Å². The monoisotopic (exact) mass is 1220 g/mol. The van der Waals surface area contributed by atoms with Gasteiger partial charge in [-0.2, -0.15) is 0 Å². The standard InChI is InChI=1S/C13H18.C11H16.C10H13Br.C10H15N.C10H14.3C9H13N/c1-13(2,3)12-8-10-6-4-5-7-11(10)9-12;1-9-6-5-7-10(8-9)11(2,3)4;1-10(2,3)8-4-6-9(11)7-5-8;1-8-7-9(5-6-11-8)10(2,3)4;1-10(2,3)9-7-5-4-6-8-9;1-9(2,3)8-4-6-10-7-5-8;1-9(2,3)8-5-4-6-10-7-8;1-9(2,3)8-6-4-5-7-10-8/h4-7,12H,8-9H2,1-3H3;5-8H,1-4H3;4-7H,1-3H3;5-7H,1-4H3;4-8H,1-3H3;3*4-7H,1-3H3. The average molecular weight is 1220 g/mol. The minimum atomic E-state index is 0.182. The second kappa shape index (κ2) is 33.9. The van der Waals surface area contributed by atoms with E-state index in [4.69, 9.17) is 0 Å². The number of aromatic nitrogens is 4. The highest BCUT2D eigenvalue weighted by atomic mass is 79.9. The number of halogens is 1. The molecule has 5 heteroatoms. The molecule has 0 saturated carbocycles. The summed E-state index contributed by atoms with van der Waals surface area (Å²) in [6, 6.07) is 55.0. The lowest BCUT2D eigenvalue weighted by atomic mass is 9.79. The van der Waals surface area contributed by atoms with E-state index in [1.54, 1.807) is 17.3 Å². The van der Waals surface area contributed by atoms with Crippen LogP contribution in [0.2, 0.25) is 0 Å². The molecule has 1 aliphatic rings. The van der Waals surface area contributed by atoms with Gasteiger partial charge in [-0.15, -0.1) is 0 Å². The van der Waals surface area contributed by atoms with Crippen molar-refractivity contribution in [1.29, 1.82) is 0 Å². The molecule has 8 aromatic rings. The second-order valence-corrected chi connectivity index (χ2v) is 32.0. The summed E-state index contributed by atoms with van der Waals surface area (Å²) in [5.74, 6) is 0.838. The van der Waals surface area contributed by atoms with Crippen LogP contribution in [0.5, 0.6) is 0 Å². The molecule has 0 spiro atoms. The van der Waals surface area contributed by atoms with Gasteiger partial charge < -0.3 is 0 Å². The molecule has 9 rings (SSSR count). The van der Waals surface area contributed by atoms with Crippen LogP contribution in [-0.4, -0.2) is 19.9 Å². The van der Waals surface area contributed by atoms with Gasteiger partial charge in [0.15, 0.2) is 0 Å². The SMILES string of the molecule is CC(C)(C)C1Cc2ccccc2C1.CC(C)(C)c1ccc(Br)cc1.CC(C)(C)c1ccccc1.CC(C)(C)c1ccccn1.CC(C)(C)c1cccnc1.CC(C)(C)c1ccncc1.Cc1cc(C(C)(C)C)ccn1.Cc1cccc(C(C)(C)C)c1. The molecule has 0 fully saturated rings. The molecule has 4 heterocycles.